The van der Waals surface area contributed by atoms with E-state index in [1.165, 1.54) is 312 Å². The molecular weight excluding hydrogens is 1780 g/mol. The van der Waals surface area contributed by atoms with Gasteiger partial charge in [-0.15, -0.1) is 0 Å². The van der Waals surface area contributed by atoms with E-state index in [0.717, 1.165) is 112 Å². The maximum Gasteiger partial charge on any atom is 0.119 e. The first-order valence-electron chi connectivity index (χ1n) is 51.2. The second kappa shape index (κ2) is 66.5. The zero-order chi connectivity index (χ0) is 91.0. The molecule has 0 spiro atoms. The summed E-state index contributed by atoms with van der Waals surface area (Å²) in [5.41, 5.74) is 13.7. The molecule has 15 rings (SSSR count). The van der Waals surface area contributed by atoms with Crippen molar-refractivity contribution in [2.24, 2.45) is 29.6 Å². The van der Waals surface area contributed by atoms with E-state index >= 15 is 0 Å². The fraction of sp³-hybridized carbons (Fsp3) is 0.500. The van der Waals surface area contributed by atoms with Gasteiger partial charge < -0.3 is 23.7 Å². The Balaban J connectivity index is 0.000000257. The van der Waals surface area contributed by atoms with Crippen LogP contribution >= 0.6 is 63.1 Å². The van der Waals surface area contributed by atoms with Gasteiger partial charge in [0, 0.05) is 24.5 Å². The first-order valence-corrected chi connectivity index (χ1v) is 53.2. The van der Waals surface area contributed by atoms with Gasteiger partial charge in [0.1, 0.15) is 61.8 Å². The molecule has 5 nitrogen and oxygen atoms in total. The molecule has 15 heteroatoms. The Hall–Kier alpha value is -8.05. The van der Waals surface area contributed by atoms with Gasteiger partial charge in [0.05, 0.1) is 0 Å². The molecule has 5 aliphatic rings. The summed E-state index contributed by atoms with van der Waals surface area (Å²) in [6.07, 6.45) is 55.8. The minimum atomic E-state index is 0. The van der Waals surface area contributed by atoms with Crippen LogP contribution in [0.25, 0.3) is 0 Å². The van der Waals surface area contributed by atoms with Gasteiger partial charge in [-0.3, -0.25) is 23.5 Å². The Morgan fingerprint density at radius 3 is 0.437 bits per heavy atom. The van der Waals surface area contributed by atoms with E-state index in [1.807, 2.05) is 121 Å². The highest BCUT2D eigenvalue weighted by Gasteiger charge is 2.28. The maximum atomic E-state index is 5.85. The summed E-state index contributed by atoms with van der Waals surface area (Å²) in [6.45, 7) is 14.5. The highest BCUT2D eigenvalue weighted by molar-refractivity contribution is 7.81. The minimum absolute atomic E-state index is 0. The zero-order valence-corrected chi connectivity index (χ0v) is 85.9. The Labute approximate surface area is 839 Å². The molecule has 0 N–H and O–H groups in total. The fourth-order valence-electron chi connectivity index (χ4n) is 20.3. The van der Waals surface area contributed by atoms with Gasteiger partial charge in [0.25, 0.3) is 0 Å². The van der Waals surface area contributed by atoms with Crippen molar-refractivity contribution in [1.82, 2.24) is 0 Å². The summed E-state index contributed by atoms with van der Waals surface area (Å²) in [4.78, 5) is 4.24. The molecule has 5 saturated carbocycles. The lowest BCUT2D eigenvalue weighted by atomic mass is 9.77. The standard InChI is InChI=1S/5C24H31OS.5FH/c5*1-2-3-4-5-19-6-10-21(11-7-19)22-12-8-20(9-13-22)18-25-23-14-16-24(26)17-15-23;;;;;/h5*8-9,12-17,19,21H,2-7,10-11,18H2,1H3;5*1H/t5*19-,21-;;;;;. The van der Waals surface area contributed by atoms with Crippen LogP contribution in [-0.4, -0.2) is 0 Å². The number of benzene rings is 10. The van der Waals surface area contributed by atoms with Crippen LogP contribution in [0.5, 0.6) is 28.7 Å². The van der Waals surface area contributed by atoms with Crippen molar-refractivity contribution in [3.8, 4) is 28.7 Å². The third-order valence-electron chi connectivity index (χ3n) is 28.7. The molecule has 135 heavy (non-hydrogen) atoms. The average Bonchev–Trinajstić information content (AvgIpc) is 0.871. The van der Waals surface area contributed by atoms with Gasteiger partial charge in [-0.05, 0) is 365 Å². The summed E-state index contributed by atoms with van der Waals surface area (Å²) >= 11 is 25.5. The molecule has 0 aromatic heterocycles. The van der Waals surface area contributed by atoms with E-state index in [2.05, 4.69) is 156 Å². The molecule has 5 radical (unpaired) electrons. The Kier molecular flexibility index (Phi) is 57.0. The second-order valence-electron chi connectivity index (χ2n) is 38.6. The van der Waals surface area contributed by atoms with E-state index in [-0.39, 0.29) is 23.5 Å². The van der Waals surface area contributed by atoms with Crippen LogP contribution in [0, 0.1) is 29.6 Å². The molecule has 0 unspecified atom stereocenters. The van der Waals surface area contributed by atoms with E-state index in [1.54, 1.807) is 0 Å². The Morgan fingerprint density at radius 2 is 0.311 bits per heavy atom. The van der Waals surface area contributed by atoms with Crippen molar-refractivity contribution in [3.63, 3.8) is 0 Å². The summed E-state index contributed by atoms with van der Waals surface area (Å²) in [5.74, 6) is 13.1. The van der Waals surface area contributed by atoms with E-state index < -0.39 is 0 Å². The lowest BCUT2D eigenvalue weighted by Crippen LogP contribution is -2.13. The SMILES string of the molecule is CCCCC[C@H]1CC[C@H](c2ccc(COc3ccc([S])cc3)cc2)CC1.CCCCC[C@H]1CC[C@H](c2ccc(COc3ccc([S])cc3)cc2)CC1.CCCCC[C@H]1CC[C@H](c2ccc(COc3ccc([S])cc3)cc2)CC1.CCCCC[C@H]1CC[C@H](c2ccc(COc3ccc([S])cc3)cc2)CC1.CCCCC[C@H]1CC[C@H](c2ccc(COc3ccc([S])cc3)cc2)CC1.F.F.F.F.F. The first-order chi connectivity index (χ1) is 63.7. The smallest absolute Gasteiger partial charge is 0.119 e. The first kappa shape index (κ1) is 116. The third-order valence-corrected chi connectivity index (χ3v) is 30.1. The Bertz CT molecular complexity index is 3920. The van der Waals surface area contributed by atoms with Crippen molar-refractivity contribution in [3.05, 3.63) is 298 Å². The number of halogens is 5. The van der Waals surface area contributed by atoms with Crippen LogP contribution in [-0.2, 0) is 33.0 Å². The molecule has 0 saturated heterocycles. The van der Waals surface area contributed by atoms with Crippen molar-refractivity contribution in [2.75, 3.05) is 0 Å². The maximum absolute atomic E-state index is 5.85. The van der Waals surface area contributed by atoms with E-state index in [9.17, 15) is 0 Å². The quantitative estimate of drug-likeness (QED) is 0.0283. The number of rotatable bonds is 40. The van der Waals surface area contributed by atoms with Crippen molar-refractivity contribution in [2.45, 2.75) is 379 Å². The van der Waals surface area contributed by atoms with Gasteiger partial charge in [-0.2, -0.15) is 0 Å². The van der Waals surface area contributed by atoms with E-state index in [4.69, 9.17) is 86.8 Å². The average molecular weight is 1940 g/mol. The third kappa shape index (κ3) is 43.1. The lowest BCUT2D eigenvalue weighted by molar-refractivity contribution is 0.301. The summed E-state index contributed by atoms with van der Waals surface area (Å²) in [5, 5.41) is 0. The molecule has 10 aromatic carbocycles. The summed E-state index contributed by atoms with van der Waals surface area (Å²) < 4.78 is 29.2. The second-order valence-corrected chi connectivity index (χ2v) is 40.9. The van der Waals surface area contributed by atoms with Crippen LogP contribution < -0.4 is 23.7 Å². The normalized spacial score (nSPS) is 19.3. The number of hydrogen-bond acceptors (Lipinski definition) is 5. The van der Waals surface area contributed by atoms with Crippen molar-refractivity contribution >= 4 is 63.1 Å². The molecule has 5 aliphatic carbocycles. The topological polar surface area (TPSA) is 46.2 Å². The molecule has 0 amide bonds. The number of unbranched alkanes of at least 4 members (excludes halogenated alkanes) is 10. The highest BCUT2D eigenvalue weighted by atomic mass is 32.1. The van der Waals surface area contributed by atoms with Crippen LogP contribution in [0.3, 0.4) is 0 Å². The van der Waals surface area contributed by atoms with E-state index in [0.29, 0.717) is 33.0 Å². The predicted octanol–water partition coefficient (Wildman–Crippen LogP) is 39.1. The monoisotopic (exact) mass is 1940 g/mol. The summed E-state index contributed by atoms with van der Waals surface area (Å²) in [7, 11) is 0. The predicted molar refractivity (Wildman–Crippen MR) is 572 cm³/mol. The fourth-order valence-corrected chi connectivity index (χ4v) is 21.0. The highest BCUT2D eigenvalue weighted by Crippen LogP contribution is 2.44. The van der Waals surface area contributed by atoms with Crippen LogP contribution in [0.2, 0.25) is 0 Å². The van der Waals surface area contributed by atoms with Gasteiger partial charge in [-0.1, -0.05) is 348 Å². The molecule has 735 valence electrons. The molecule has 0 aliphatic heterocycles. The Morgan fingerprint density at radius 1 is 0.178 bits per heavy atom. The molecular formula is C120H160F5O5S5. The van der Waals surface area contributed by atoms with Gasteiger partial charge >= 0.3 is 0 Å². The van der Waals surface area contributed by atoms with Gasteiger partial charge in [0.2, 0.25) is 0 Å². The number of hydrogen-bond donors (Lipinski definition) is 0. The van der Waals surface area contributed by atoms with Crippen LogP contribution in [0.15, 0.2) is 267 Å². The van der Waals surface area contributed by atoms with Gasteiger partial charge in [0.15, 0.2) is 0 Å². The van der Waals surface area contributed by atoms with Crippen LogP contribution in [0.4, 0.5) is 23.5 Å². The van der Waals surface area contributed by atoms with Crippen molar-refractivity contribution < 1.29 is 47.2 Å². The minimum Gasteiger partial charge on any atom is -0.489 e. The number of ether oxygens (including phenoxy) is 5. The lowest BCUT2D eigenvalue weighted by Gasteiger charge is -2.29. The molecule has 0 atom stereocenters. The largest absolute Gasteiger partial charge is 0.489 e. The van der Waals surface area contributed by atoms with Crippen molar-refractivity contribution in [1.29, 1.82) is 0 Å². The van der Waals surface area contributed by atoms with Crippen LogP contribution in [0.1, 0.15) is 377 Å². The summed E-state index contributed by atoms with van der Waals surface area (Å²) in [6, 6.07) is 83.9. The molecule has 10 aromatic rings. The molecule has 0 bridgehead atoms. The molecule has 0 heterocycles. The van der Waals surface area contributed by atoms with Gasteiger partial charge in [-0.25, -0.2) is 0 Å². The molecule has 5 fully saturated rings. The zero-order valence-electron chi connectivity index (χ0n) is 81.8.